The number of rotatable bonds is 3. The fourth-order valence-electron chi connectivity index (χ4n) is 1.79. The highest BCUT2D eigenvalue weighted by Crippen LogP contribution is 2.39. The zero-order valence-corrected chi connectivity index (χ0v) is 10.6. The first-order chi connectivity index (χ1) is 8.74. The number of halogens is 1. The highest BCUT2D eigenvalue weighted by atomic mass is 35.5. The Kier molecular flexibility index (Phi) is 2.76. The molecule has 0 saturated heterocycles. The van der Waals surface area contributed by atoms with Crippen LogP contribution in [0.15, 0.2) is 24.5 Å². The number of aryl methyl sites for hydroxylation is 1. The molecule has 0 amide bonds. The average molecular weight is 266 g/mol. The molecule has 0 spiro atoms. The van der Waals surface area contributed by atoms with Gasteiger partial charge in [-0.1, -0.05) is 11.6 Å². The number of ether oxygens (including phenoxy) is 2. The molecule has 94 valence electrons. The Morgan fingerprint density at radius 3 is 2.89 bits per heavy atom. The van der Waals surface area contributed by atoms with Crippen LogP contribution >= 0.6 is 11.6 Å². The number of hydrogen-bond donors (Lipinski definition) is 1. The molecule has 0 radical (unpaired) electrons. The minimum atomic E-state index is 0.245. The van der Waals surface area contributed by atoms with Gasteiger partial charge in [0, 0.05) is 31.6 Å². The van der Waals surface area contributed by atoms with Gasteiger partial charge in [0.15, 0.2) is 11.5 Å². The van der Waals surface area contributed by atoms with Gasteiger partial charge < -0.3 is 19.4 Å². The summed E-state index contributed by atoms with van der Waals surface area (Å²) in [5, 5.41) is 3.84. The monoisotopic (exact) mass is 265 g/mol. The molecule has 0 unspecified atom stereocenters. The zero-order chi connectivity index (χ0) is 12.5. The molecule has 1 aliphatic heterocycles. The zero-order valence-electron chi connectivity index (χ0n) is 9.81. The molecule has 0 fully saturated rings. The van der Waals surface area contributed by atoms with E-state index in [0.717, 1.165) is 11.5 Å². The lowest BCUT2D eigenvalue weighted by atomic mass is 10.2. The van der Waals surface area contributed by atoms with Crippen molar-refractivity contribution in [2.24, 2.45) is 7.05 Å². The number of hydrogen-bond acceptors (Lipinski definition) is 4. The van der Waals surface area contributed by atoms with Gasteiger partial charge in [-0.3, -0.25) is 0 Å². The fraction of sp³-hybridized carbons (Fsp3) is 0.250. The smallest absolute Gasteiger partial charge is 0.231 e. The number of imidazole rings is 1. The van der Waals surface area contributed by atoms with Crippen LogP contribution in [0.1, 0.15) is 5.82 Å². The largest absolute Gasteiger partial charge is 0.454 e. The Morgan fingerprint density at radius 2 is 2.17 bits per heavy atom. The Labute approximate surface area is 109 Å². The van der Waals surface area contributed by atoms with Crippen molar-refractivity contribution in [2.75, 3.05) is 12.1 Å². The predicted molar refractivity (Wildman–Crippen MR) is 68.1 cm³/mol. The van der Waals surface area contributed by atoms with E-state index in [1.54, 1.807) is 12.3 Å². The minimum Gasteiger partial charge on any atom is -0.454 e. The summed E-state index contributed by atoms with van der Waals surface area (Å²) in [6.45, 7) is 0.845. The standard InChI is InChI=1S/C12H12ClN3O2/c1-16-3-2-14-12(16)6-15-9-5-11-10(4-8(9)13)17-7-18-11/h2-5,15H,6-7H2,1H3. The van der Waals surface area contributed by atoms with Crippen LogP contribution in [0.25, 0.3) is 0 Å². The van der Waals surface area contributed by atoms with E-state index in [9.17, 15) is 0 Å². The molecule has 1 aromatic heterocycles. The molecule has 1 N–H and O–H groups in total. The van der Waals surface area contributed by atoms with E-state index in [-0.39, 0.29) is 6.79 Å². The number of nitrogens with one attached hydrogen (secondary N) is 1. The Balaban J connectivity index is 1.79. The van der Waals surface area contributed by atoms with E-state index < -0.39 is 0 Å². The van der Waals surface area contributed by atoms with Gasteiger partial charge >= 0.3 is 0 Å². The molecule has 6 heteroatoms. The van der Waals surface area contributed by atoms with Gasteiger partial charge in [0.2, 0.25) is 6.79 Å². The lowest BCUT2D eigenvalue weighted by Gasteiger charge is -2.09. The van der Waals surface area contributed by atoms with Crippen molar-refractivity contribution in [1.29, 1.82) is 0 Å². The van der Waals surface area contributed by atoms with Crippen molar-refractivity contribution in [1.82, 2.24) is 9.55 Å². The molecule has 0 atom stereocenters. The van der Waals surface area contributed by atoms with Crippen LogP contribution in [0.4, 0.5) is 5.69 Å². The quantitative estimate of drug-likeness (QED) is 0.926. The van der Waals surface area contributed by atoms with E-state index in [0.29, 0.717) is 23.1 Å². The summed E-state index contributed by atoms with van der Waals surface area (Å²) in [6, 6.07) is 3.60. The lowest BCUT2D eigenvalue weighted by molar-refractivity contribution is 0.174. The Morgan fingerprint density at radius 1 is 1.39 bits per heavy atom. The van der Waals surface area contributed by atoms with Crippen molar-refractivity contribution in [3.8, 4) is 11.5 Å². The molecular weight excluding hydrogens is 254 g/mol. The van der Waals surface area contributed by atoms with Crippen molar-refractivity contribution >= 4 is 17.3 Å². The Hall–Kier alpha value is -1.88. The average Bonchev–Trinajstić information content (AvgIpc) is 2.95. The predicted octanol–water partition coefficient (Wildman–Crippen LogP) is 2.41. The first-order valence-electron chi connectivity index (χ1n) is 5.53. The molecule has 18 heavy (non-hydrogen) atoms. The molecule has 3 rings (SSSR count). The second kappa shape index (κ2) is 4.42. The fourth-order valence-corrected chi connectivity index (χ4v) is 2.01. The SMILES string of the molecule is Cn1ccnc1CNc1cc2c(cc1Cl)OCO2. The number of aromatic nitrogens is 2. The molecule has 1 aliphatic rings. The maximum Gasteiger partial charge on any atom is 0.231 e. The summed E-state index contributed by atoms with van der Waals surface area (Å²) in [4.78, 5) is 4.23. The van der Waals surface area contributed by atoms with Gasteiger partial charge in [0.05, 0.1) is 17.3 Å². The van der Waals surface area contributed by atoms with Gasteiger partial charge in [-0.2, -0.15) is 0 Å². The molecule has 0 aliphatic carbocycles. The van der Waals surface area contributed by atoms with Crippen LogP contribution in [-0.4, -0.2) is 16.3 Å². The highest BCUT2D eigenvalue weighted by molar-refractivity contribution is 6.33. The van der Waals surface area contributed by atoms with Crippen LogP contribution in [0, 0.1) is 0 Å². The molecule has 0 bridgehead atoms. The number of anilines is 1. The normalized spacial score (nSPS) is 12.8. The van der Waals surface area contributed by atoms with Crippen molar-refractivity contribution in [3.63, 3.8) is 0 Å². The van der Waals surface area contributed by atoms with E-state index in [1.165, 1.54) is 0 Å². The maximum absolute atomic E-state index is 6.16. The van der Waals surface area contributed by atoms with E-state index in [4.69, 9.17) is 21.1 Å². The van der Waals surface area contributed by atoms with Crippen LogP contribution < -0.4 is 14.8 Å². The topological polar surface area (TPSA) is 48.3 Å². The first kappa shape index (κ1) is 11.2. The second-order valence-electron chi connectivity index (χ2n) is 3.99. The summed E-state index contributed by atoms with van der Waals surface area (Å²) in [7, 11) is 1.95. The van der Waals surface area contributed by atoms with E-state index >= 15 is 0 Å². The summed E-state index contributed by atoms with van der Waals surface area (Å²) in [6.07, 6.45) is 3.66. The number of nitrogens with zero attached hydrogens (tertiary/aromatic N) is 2. The molecule has 1 aromatic carbocycles. The van der Waals surface area contributed by atoms with Crippen LogP contribution in [0.3, 0.4) is 0 Å². The van der Waals surface area contributed by atoms with Crippen molar-refractivity contribution < 1.29 is 9.47 Å². The number of benzene rings is 1. The molecule has 2 heterocycles. The number of fused-ring (bicyclic) bond motifs is 1. The minimum absolute atomic E-state index is 0.245. The second-order valence-corrected chi connectivity index (χ2v) is 4.40. The van der Waals surface area contributed by atoms with Gasteiger partial charge in [0.25, 0.3) is 0 Å². The van der Waals surface area contributed by atoms with Gasteiger partial charge in [-0.25, -0.2) is 4.98 Å². The van der Waals surface area contributed by atoms with Crippen LogP contribution in [0.2, 0.25) is 5.02 Å². The molecular formula is C12H12ClN3O2. The maximum atomic E-state index is 6.16. The highest BCUT2D eigenvalue weighted by Gasteiger charge is 2.16. The van der Waals surface area contributed by atoms with Gasteiger partial charge in [-0.15, -0.1) is 0 Å². The molecule has 0 saturated carbocycles. The van der Waals surface area contributed by atoms with Crippen molar-refractivity contribution in [2.45, 2.75) is 6.54 Å². The lowest BCUT2D eigenvalue weighted by Crippen LogP contribution is -2.05. The summed E-state index contributed by atoms with van der Waals surface area (Å²) in [5.41, 5.74) is 0.809. The first-order valence-corrected chi connectivity index (χ1v) is 5.91. The molecule has 5 nitrogen and oxygen atoms in total. The van der Waals surface area contributed by atoms with E-state index in [2.05, 4.69) is 10.3 Å². The van der Waals surface area contributed by atoms with Crippen molar-refractivity contribution in [3.05, 3.63) is 35.4 Å². The summed E-state index contributed by atoms with van der Waals surface area (Å²) in [5.74, 6) is 2.33. The third kappa shape index (κ3) is 1.97. The van der Waals surface area contributed by atoms with Crippen LogP contribution in [-0.2, 0) is 13.6 Å². The third-order valence-corrected chi connectivity index (χ3v) is 3.13. The molecule has 2 aromatic rings. The van der Waals surface area contributed by atoms with Gasteiger partial charge in [-0.05, 0) is 0 Å². The Bertz CT molecular complexity index is 583. The van der Waals surface area contributed by atoms with Gasteiger partial charge in [0.1, 0.15) is 5.82 Å². The summed E-state index contributed by atoms with van der Waals surface area (Å²) >= 11 is 6.16. The third-order valence-electron chi connectivity index (χ3n) is 2.82. The summed E-state index contributed by atoms with van der Waals surface area (Å²) < 4.78 is 12.5. The van der Waals surface area contributed by atoms with Crippen LogP contribution in [0.5, 0.6) is 11.5 Å². The van der Waals surface area contributed by atoms with E-state index in [1.807, 2.05) is 23.9 Å².